The van der Waals surface area contributed by atoms with Crippen LogP contribution in [0.25, 0.3) is 0 Å². The smallest absolute Gasteiger partial charge is 0.308 e. The molecule has 0 N–H and O–H groups in total. The van der Waals surface area contributed by atoms with Gasteiger partial charge in [0, 0.05) is 5.56 Å². The SMILES string of the molecule is CCOC(=O)CC(CC)(c1ccccc1F)N(C)C. The van der Waals surface area contributed by atoms with Gasteiger partial charge in [0.25, 0.3) is 0 Å². The van der Waals surface area contributed by atoms with Crippen molar-refractivity contribution in [1.82, 2.24) is 4.90 Å². The van der Waals surface area contributed by atoms with Crippen molar-refractivity contribution < 1.29 is 13.9 Å². The largest absolute Gasteiger partial charge is 0.466 e. The van der Waals surface area contributed by atoms with Gasteiger partial charge in [0.05, 0.1) is 18.6 Å². The van der Waals surface area contributed by atoms with Gasteiger partial charge in [-0.15, -0.1) is 0 Å². The Morgan fingerprint density at radius 1 is 1.32 bits per heavy atom. The summed E-state index contributed by atoms with van der Waals surface area (Å²) in [6, 6.07) is 6.60. The van der Waals surface area contributed by atoms with Crippen molar-refractivity contribution in [3.8, 4) is 0 Å². The van der Waals surface area contributed by atoms with Crippen molar-refractivity contribution >= 4 is 5.97 Å². The summed E-state index contributed by atoms with van der Waals surface area (Å²) in [6.07, 6.45) is 0.769. The van der Waals surface area contributed by atoms with Gasteiger partial charge >= 0.3 is 5.97 Å². The van der Waals surface area contributed by atoms with Gasteiger partial charge in [-0.1, -0.05) is 25.1 Å². The van der Waals surface area contributed by atoms with E-state index in [1.54, 1.807) is 25.1 Å². The molecule has 0 spiro atoms. The van der Waals surface area contributed by atoms with Crippen LogP contribution >= 0.6 is 0 Å². The summed E-state index contributed by atoms with van der Waals surface area (Å²) >= 11 is 0. The first-order valence-corrected chi connectivity index (χ1v) is 6.56. The molecular formula is C15H22FNO2. The standard InChI is InChI=1S/C15H22FNO2/c1-5-15(17(3)4,11-14(18)19-6-2)12-9-7-8-10-13(12)16/h7-10H,5-6,11H2,1-4H3. The first-order valence-electron chi connectivity index (χ1n) is 6.56. The maximum atomic E-state index is 14.1. The lowest BCUT2D eigenvalue weighted by molar-refractivity contribution is -0.146. The molecule has 0 saturated heterocycles. The number of hydrogen-bond acceptors (Lipinski definition) is 3. The van der Waals surface area contributed by atoms with Crippen LogP contribution in [-0.2, 0) is 15.1 Å². The van der Waals surface area contributed by atoms with Crippen molar-refractivity contribution in [2.45, 2.75) is 32.2 Å². The quantitative estimate of drug-likeness (QED) is 0.742. The second kappa shape index (κ2) is 6.66. The molecule has 4 heteroatoms. The summed E-state index contributed by atoms with van der Waals surface area (Å²) < 4.78 is 19.1. The van der Waals surface area contributed by atoms with E-state index in [1.807, 2.05) is 25.9 Å². The third-order valence-corrected chi connectivity index (χ3v) is 3.56. The molecule has 0 aliphatic carbocycles. The molecule has 1 rings (SSSR count). The molecule has 1 unspecified atom stereocenters. The highest BCUT2D eigenvalue weighted by Gasteiger charge is 2.37. The molecule has 0 radical (unpaired) electrons. The van der Waals surface area contributed by atoms with Crippen molar-refractivity contribution in [3.05, 3.63) is 35.6 Å². The zero-order valence-corrected chi connectivity index (χ0v) is 12.1. The molecular weight excluding hydrogens is 245 g/mol. The van der Waals surface area contributed by atoms with Gasteiger partial charge in [-0.3, -0.25) is 9.69 Å². The number of esters is 1. The van der Waals surface area contributed by atoms with E-state index >= 15 is 0 Å². The highest BCUT2D eigenvalue weighted by atomic mass is 19.1. The van der Waals surface area contributed by atoms with E-state index in [9.17, 15) is 9.18 Å². The van der Waals surface area contributed by atoms with Crippen LogP contribution in [0.2, 0.25) is 0 Å². The maximum absolute atomic E-state index is 14.1. The van der Waals surface area contributed by atoms with E-state index in [4.69, 9.17) is 4.74 Å². The summed E-state index contributed by atoms with van der Waals surface area (Å²) in [5, 5.41) is 0. The Balaban J connectivity index is 3.20. The fraction of sp³-hybridized carbons (Fsp3) is 0.533. The van der Waals surface area contributed by atoms with Crippen LogP contribution < -0.4 is 0 Å². The fourth-order valence-corrected chi connectivity index (χ4v) is 2.42. The van der Waals surface area contributed by atoms with Crippen LogP contribution in [0.15, 0.2) is 24.3 Å². The lowest BCUT2D eigenvalue weighted by Gasteiger charge is -2.39. The number of hydrogen-bond donors (Lipinski definition) is 0. The topological polar surface area (TPSA) is 29.5 Å². The minimum atomic E-state index is -0.669. The van der Waals surface area contributed by atoms with Crippen LogP contribution in [0.3, 0.4) is 0 Å². The number of halogens is 1. The molecule has 19 heavy (non-hydrogen) atoms. The van der Waals surface area contributed by atoms with Gasteiger partial charge < -0.3 is 4.74 Å². The van der Waals surface area contributed by atoms with Gasteiger partial charge in [0.15, 0.2) is 0 Å². The minimum Gasteiger partial charge on any atom is -0.466 e. The van der Waals surface area contributed by atoms with Gasteiger partial charge in [-0.25, -0.2) is 4.39 Å². The lowest BCUT2D eigenvalue weighted by atomic mass is 9.82. The first-order chi connectivity index (χ1) is 8.97. The van der Waals surface area contributed by atoms with E-state index in [2.05, 4.69) is 0 Å². The summed E-state index contributed by atoms with van der Waals surface area (Å²) in [6.45, 7) is 4.05. The molecule has 0 amide bonds. The van der Waals surface area contributed by atoms with Crippen LogP contribution in [0, 0.1) is 5.82 Å². The molecule has 0 fully saturated rings. The highest BCUT2D eigenvalue weighted by Crippen LogP contribution is 2.35. The third kappa shape index (κ3) is 3.32. The summed E-state index contributed by atoms with van der Waals surface area (Å²) in [7, 11) is 3.71. The van der Waals surface area contributed by atoms with E-state index in [1.165, 1.54) is 6.07 Å². The second-order valence-corrected chi connectivity index (χ2v) is 4.74. The molecule has 1 aromatic rings. The molecule has 0 aliphatic rings. The maximum Gasteiger partial charge on any atom is 0.308 e. The van der Waals surface area contributed by atoms with Gasteiger partial charge in [-0.05, 0) is 33.5 Å². The zero-order valence-electron chi connectivity index (χ0n) is 12.1. The zero-order chi connectivity index (χ0) is 14.5. The second-order valence-electron chi connectivity index (χ2n) is 4.74. The molecule has 0 aromatic heterocycles. The van der Waals surface area contributed by atoms with Crippen LogP contribution in [0.5, 0.6) is 0 Å². The van der Waals surface area contributed by atoms with Gasteiger partial charge in [0.1, 0.15) is 5.82 Å². The van der Waals surface area contributed by atoms with Crippen molar-refractivity contribution in [2.24, 2.45) is 0 Å². The Morgan fingerprint density at radius 3 is 2.42 bits per heavy atom. The number of nitrogens with zero attached hydrogens (tertiary/aromatic N) is 1. The third-order valence-electron chi connectivity index (χ3n) is 3.56. The molecule has 0 heterocycles. The van der Waals surface area contributed by atoms with E-state index < -0.39 is 5.54 Å². The molecule has 0 saturated carbocycles. The Hall–Kier alpha value is -1.42. The molecule has 0 aliphatic heterocycles. The molecule has 1 aromatic carbocycles. The van der Waals surface area contributed by atoms with Crippen molar-refractivity contribution in [1.29, 1.82) is 0 Å². The predicted octanol–water partition coefficient (Wildman–Crippen LogP) is 2.95. The number of ether oxygens (including phenoxy) is 1. The average molecular weight is 267 g/mol. The van der Waals surface area contributed by atoms with Crippen LogP contribution in [0.4, 0.5) is 4.39 Å². The average Bonchev–Trinajstić information content (AvgIpc) is 2.37. The van der Waals surface area contributed by atoms with Crippen molar-refractivity contribution in [3.63, 3.8) is 0 Å². The van der Waals surface area contributed by atoms with E-state index in [0.29, 0.717) is 18.6 Å². The number of carbonyl (C=O) groups excluding carboxylic acids is 1. The first kappa shape index (κ1) is 15.6. The van der Waals surface area contributed by atoms with Crippen LogP contribution in [0.1, 0.15) is 32.3 Å². The van der Waals surface area contributed by atoms with E-state index in [0.717, 1.165) is 0 Å². The van der Waals surface area contributed by atoms with E-state index in [-0.39, 0.29) is 18.2 Å². The van der Waals surface area contributed by atoms with Crippen molar-refractivity contribution in [2.75, 3.05) is 20.7 Å². The summed E-state index contributed by atoms with van der Waals surface area (Å²) in [5.41, 5.74) is -0.132. The predicted molar refractivity (Wildman–Crippen MR) is 73.3 cm³/mol. The fourth-order valence-electron chi connectivity index (χ4n) is 2.42. The summed E-state index contributed by atoms with van der Waals surface area (Å²) in [4.78, 5) is 13.7. The van der Waals surface area contributed by atoms with Crippen LogP contribution in [-0.4, -0.2) is 31.6 Å². The molecule has 106 valence electrons. The lowest BCUT2D eigenvalue weighted by Crippen LogP contribution is -2.43. The Bertz CT molecular complexity index is 434. The Kier molecular flexibility index (Phi) is 5.48. The number of benzene rings is 1. The van der Waals surface area contributed by atoms with Gasteiger partial charge in [-0.2, -0.15) is 0 Å². The highest BCUT2D eigenvalue weighted by molar-refractivity contribution is 5.71. The molecule has 0 bridgehead atoms. The Morgan fingerprint density at radius 2 is 1.95 bits per heavy atom. The minimum absolute atomic E-state index is 0.144. The van der Waals surface area contributed by atoms with Gasteiger partial charge in [0.2, 0.25) is 0 Å². The summed E-state index contributed by atoms with van der Waals surface area (Å²) in [5.74, 6) is -0.594. The number of rotatable bonds is 6. The molecule has 3 nitrogen and oxygen atoms in total. The Labute approximate surface area is 114 Å². The normalized spacial score (nSPS) is 14.2. The number of carbonyl (C=O) groups is 1. The molecule has 1 atom stereocenters. The monoisotopic (exact) mass is 267 g/mol.